The van der Waals surface area contributed by atoms with Crippen LogP contribution in [-0.4, -0.2) is 9.97 Å². The summed E-state index contributed by atoms with van der Waals surface area (Å²) >= 11 is 5.93. The Morgan fingerprint density at radius 3 is 2.31 bits per heavy atom. The molecule has 1 heterocycles. The molecular weight excluding hydrogens is 383 g/mol. The molecule has 0 fully saturated rings. The summed E-state index contributed by atoms with van der Waals surface area (Å²) in [5, 5.41) is 2.20. The molecule has 4 heteroatoms. The minimum absolute atomic E-state index is 0.151. The van der Waals surface area contributed by atoms with Gasteiger partial charge in [0.05, 0.1) is 0 Å². The third-order valence-electron chi connectivity index (χ3n) is 5.13. The first-order valence-corrected chi connectivity index (χ1v) is 10.3. The summed E-state index contributed by atoms with van der Waals surface area (Å²) in [5.74, 6) is 0.515. The summed E-state index contributed by atoms with van der Waals surface area (Å²) in [6.45, 7) is 2.13. The Bertz CT molecular complexity index is 1120. The first kappa shape index (κ1) is 19.5. The normalized spacial score (nSPS) is 11.1. The zero-order valence-corrected chi connectivity index (χ0v) is 17.1. The van der Waals surface area contributed by atoms with Crippen molar-refractivity contribution in [2.45, 2.75) is 32.6 Å². The zero-order chi connectivity index (χ0) is 20.2. The summed E-state index contributed by atoms with van der Waals surface area (Å²) < 4.78 is 15.1. The number of fused-ring (bicyclic) bond motifs is 1. The van der Waals surface area contributed by atoms with E-state index >= 15 is 4.39 Å². The lowest BCUT2D eigenvalue weighted by Crippen LogP contribution is -1.96. The van der Waals surface area contributed by atoms with Crippen molar-refractivity contribution < 1.29 is 4.39 Å². The van der Waals surface area contributed by atoms with Gasteiger partial charge in [-0.3, -0.25) is 0 Å². The van der Waals surface area contributed by atoms with Crippen LogP contribution in [0.4, 0.5) is 4.39 Å². The summed E-state index contributed by atoms with van der Waals surface area (Å²) in [7, 11) is 0. The molecule has 0 aliphatic carbocycles. The number of aryl methyl sites for hydroxylation is 3. The highest BCUT2D eigenvalue weighted by molar-refractivity contribution is 6.30. The van der Waals surface area contributed by atoms with Gasteiger partial charge in [-0.2, -0.15) is 0 Å². The minimum Gasteiger partial charge on any atom is -0.236 e. The first-order valence-electron chi connectivity index (χ1n) is 9.91. The van der Waals surface area contributed by atoms with Crippen molar-refractivity contribution in [3.05, 3.63) is 94.5 Å². The van der Waals surface area contributed by atoms with Crippen molar-refractivity contribution >= 4 is 22.4 Å². The smallest absolute Gasteiger partial charge is 0.159 e. The molecule has 0 amide bonds. The standard InChI is InChI=1S/C25H22ClFN2/c1-2-3-18-15-28-25(29-16-18)21-10-13-23-20(14-21)9-8-19(24(23)27)7-4-17-5-11-22(26)12-6-17/h5-6,8-16H,2-4,7H2,1H3. The van der Waals surface area contributed by atoms with Crippen LogP contribution < -0.4 is 0 Å². The van der Waals surface area contributed by atoms with Gasteiger partial charge in [0.15, 0.2) is 5.82 Å². The molecule has 3 aromatic carbocycles. The quantitative estimate of drug-likeness (QED) is 0.352. The summed E-state index contributed by atoms with van der Waals surface area (Å²) in [6, 6.07) is 17.2. The highest BCUT2D eigenvalue weighted by Crippen LogP contribution is 2.27. The van der Waals surface area contributed by atoms with E-state index in [1.807, 2.05) is 67.0 Å². The number of hydrogen-bond acceptors (Lipinski definition) is 2. The van der Waals surface area contributed by atoms with Gasteiger partial charge in [-0.25, -0.2) is 14.4 Å². The molecule has 0 N–H and O–H groups in total. The van der Waals surface area contributed by atoms with E-state index in [4.69, 9.17) is 11.6 Å². The third-order valence-corrected chi connectivity index (χ3v) is 5.38. The highest BCUT2D eigenvalue weighted by atomic mass is 35.5. The van der Waals surface area contributed by atoms with Crippen LogP contribution in [0.15, 0.2) is 67.0 Å². The monoisotopic (exact) mass is 404 g/mol. The van der Waals surface area contributed by atoms with E-state index in [0.717, 1.165) is 46.9 Å². The van der Waals surface area contributed by atoms with E-state index in [0.29, 0.717) is 22.7 Å². The Kier molecular flexibility index (Phi) is 5.86. The van der Waals surface area contributed by atoms with Gasteiger partial charge in [0.2, 0.25) is 0 Å². The van der Waals surface area contributed by atoms with E-state index < -0.39 is 0 Å². The van der Waals surface area contributed by atoms with Gasteiger partial charge in [0.1, 0.15) is 5.82 Å². The Labute approximate surface area is 175 Å². The van der Waals surface area contributed by atoms with Crippen molar-refractivity contribution in [3.8, 4) is 11.4 Å². The second-order valence-electron chi connectivity index (χ2n) is 7.27. The second kappa shape index (κ2) is 8.71. The lowest BCUT2D eigenvalue weighted by Gasteiger charge is -2.09. The van der Waals surface area contributed by atoms with Crippen molar-refractivity contribution in [1.82, 2.24) is 9.97 Å². The molecule has 4 aromatic rings. The Balaban J connectivity index is 1.57. The summed E-state index contributed by atoms with van der Waals surface area (Å²) in [4.78, 5) is 8.94. The van der Waals surface area contributed by atoms with Gasteiger partial charge >= 0.3 is 0 Å². The molecule has 0 bridgehead atoms. The van der Waals surface area contributed by atoms with Crippen LogP contribution in [-0.2, 0) is 19.3 Å². The Morgan fingerprint density at radius 1 is 0.828 bits per heavy atom. The van der Waals surface area contributed by atoms with Gasteiger partial charge in [-0.05, 0) is 59.5 Å². The molecule has 2 nitrogen and oxygen atoms in total. The Morgan fingerprint density at radius 2 is 1.59 bits per heavy atom. The van der Waals surface area contributed by atoms with Crippen LogP contribution in [0.25, 0.3) is 22.2 Å². The molecule has 0 saturated heterocycles. The number of benzene rings is 3. The molecule has 0 atom stereocenters. The topological polar surface area (TPSA) is 25.8 Å². The van der Waals surface area contributed by atoms with Crippen LogP contribution in [0.1, 0.15) is 30.0 Å². The predicted octanol–water partition coefficient (Wildman–Crippen LogP) is 6.83. The average molecular weight is 405 g/mol. The number of rotatable bonds is 6. The highest BCUT2D eigenvalue weighted by Gasteiger charge is 2.10. The Hall–Kier alpha value is -2.78. The van der Waals surface area contributed by atoms with Crippen molar-refractivity contribution in [2.75, 3.05) is 0 Å². The number of nitrogens with zero attached hydrogens (tertiary/aromatic N) is 2. The molecule has 0 spiro atoms. The fourth-order valence-electron chi connectivity index (χ4n) is 3.52. The zero-order valence-electron chi connectivity index (χ0n) is 16.3. The molecule has 4 rings (SSSR count). The van der Waals surface area contributed by atoms with Crippen LogP contribution in [0.2, 0.25) is 5.02 Å². The molecule has 0 aliphatic heterocycles. The number of aromatic nitrogens is 2. The lowest BCUT2D eigenvalue weighted by molar-refractivity contribution is 0.620. The lowest BCUT2D eigenvalue weighted by atomic mass is 9.99. The maximum atomic E-state index is 15.1. The van der Waals surface area contributed by atoms with Gasteiger partial charge < -0.3 is 0 Å². The molecule has 0 saturated carbocycles. The van der Waals surface area contributed by atoms with Crippen molar-refractivity contribution in [1.29, 1.82) is 0 Å². The largest absolute Gasteiger partial charge is 0.236 e. The van der Waals surface area contributed by atoms with Gasteiger partial charge in [-0.1, -0.05) is 61.3 Å². The second-order valence-corrected chi connectivity index (χ2v) is 7.70. The SMILES string of the molecule is CCCc1cnc(-c2ccc3c(F)c(CCc4ccc(Cl)cc4)ccc3c2)nc1. The molecule has 0 radical (unpaired) electrons. The van der Waals surface area contributed by atoms with Gasteiger partial charge in [0, 0.05) is 28.4 Å². The third kappa shape index (κ3) is 4.46. The molecule has 0 aliphatic rings. The summed E-state index contributed by atoms with van der Waals surface area (Å²) in [6.07, 6.45) is 7.20. The van der Waals surface area contributed by atoms with Crippen LogP contribution in [0.3, 0.4) is 0 Å². The van der Waals surface area contributed by atoms with Crippen molar-refractivity contribution in [2.24, 2.45) is 0 Å². The van der Waals surface area contributed by atoms with E-state index in [-0.39, 0.29) is 5.82 Å². The maximum Gasteiger partial charge on any atom is 0.159 e. The van der Waals surface area contributed by atoms with Crippen molar-refractivity contribution in [3.63, 3.8) is 0 Å². The van der Waals surface area contributed by atoms with Crippen LogP contribution in [0, 0.1) is 5.82 Å². The maximum absolute atomic E-state index is 15.1. The fraction of sp³-hybridized carbons (Fsp3) is 0.200. The minimum atomic E-state index is -0.151. The molecule has 29 heavy (non-hydrogen) atoms. The predicted molar refractivity (Wildman–Crippen MR) is 118 cm³/mol. The summed E-state index contributed by atoms with van der Waals surface area (Å²) in [5.41, 5.74) is 3.90. The van der Waals surface area contributed by atoms with Gasteiger partial charge in [0.25, 0.3) is 0 Å². The van der Waals surface area contributed by atoms with Crippen LogP contribution >= 0.6 is 11.6 Å². The average Bonchev–Trinajstić information content (AvgIpc) is 2.75. The first-order chi connectivity index (χ1) is 14.1. The van der Waals surface area contributed by atoms with E-state index in [1.54, 1.807) is 0 Å². The van der Waals surface area contributed by atoms with E-state index in [2.05, 4.69) is 16.9 Å². The molecule has 1 aromatic heterocycles. The fourth-order valence-corrected chi connectivity index (χ4v) is 3.65. The molecular formula is C25H22ClFN2. The van der Waals surface area contributed by atoms with Gasteiger partial charge in [-0.15, -0.1) is 0 Å². The van der Waals surface area contributed by atoms with E-state index in [1.165, 1.54) is 0 Å². The van der Waals surface area contributed by atoms with E-state index in [9.17, 15) is 0 Å². The molecule has 0 unspecified atom stereocenters. The number of halogens is 2. The van der Waals surface area contributed by atoms with Crippen LogP contribution in [0.5, 0.6) is 0 Å². The number of hydrogen-bond donors (Lipinski definition) is 0. The molecule has 146 valence electrons.